The van der Waals surface area contributed by atoms with Gasteiger partial charge in [0.2, 0.25) is 0 Å². The van der Waals surface area contributed by atoms with Crippen LogP contribution < -0.4 is 5.73 Å². The Labute approximate surface area is 151 Å². The van der Waals surface area contributed by atoms with Crippen molar-refractivity contribution in [1.82, 2.24) is 14.7 Å². The van der Waals surface area contributed by atoms with E-state index in [4.69, 9.17) is 28.9 Å². The van der Waals surface area contributed by atoms with Gasteiger partial charge in [-0.2, -0.15) is 5.10 Å². The zero-order chi connectivity index (χ0) is 17.3. The van der Waals surface area contributed by atoms with Gasteiger partial charge >= 0.3 is 0 Å². The summed E-state index contributed by atoms with van der Waals surface area (Å²) in [6.45, 7) is 3.46. The predicted octanol–water partition coefficient (Wildman–Crippen LogP) is 3.38. The summed E-state index contributed by atoms with van der Waals surface area (Å²) < 4.78 is 1.60. The molecule has 1 aliphatic rings. The molecular formula is C17H20Cl2N4O. The fourth-order valence-corrected chi connectivity index (χ4v) is 3.53. The summed E-state index contributed by atoms with van der Waals surface area (Å²) >= 11 is 12.1. The van der Waals surface area contributed by atoms with Gasteiger partial charge < -0.3 is 10.6 Å². The lowest BCUT2D eigenvalue weighted by atomic mass is 9.92. The molecule has 1 fully saturated rings. The molecule has 24 heavy (non-hydrogen) atoms. The number of hydrogen-bond acceptors (Lipinski definition) is 3. The highest BCUT2D eigenvalue weighted by molar-refractivity contribution is 6.35. The van der Waals surface area contributed by atoms with Gasteiger partial charge in [0.1, 0.15) is 0 Å². The van der Waals surface area contributed by atoms with Gasteiger partial charge in [-0.3, -0.25) is 4.79 Å². The predicted molar refractivity (Wildman–Crippen MR) is 95.9 cm³/mol. The van der Waals surface area contributed by atoms with Gasteiger partial charge in [0, 0.05) is 30.4 Å². The first-order chi connectivity index (χ1) is 11.5. The van der Waals surface area contributed by atoms with Crippen molar-refractivity contribution in [2.45, 2.75) is 25.8 Å². The number of halogens is 2. The fourth-order valence-electron chi connectivity index (χ4n) is 3.04. The van der Waals surface area contributed by atoms with Gasteiger partial charge in [-0.1, -0.05) is 23.2 Å². The number of aromatic nitrogens is 2. The van der Waals surface area contributed by atoms with E-state index < -0.39 is 0 Å². The van der Waals surface area contributed by atoms with Gasteiger partial charge in [0.15, 0.2) is 0 Å². The van der Waals surface area contributed by atoms with Crippen molar-refractivity contribution in [3.63, 3.8) is 0 Å². The Balaban J connectivity index is 1.78. The molecule has 0 saturated carbocycles. The normalized spacial score (nSPS) is 19.3. The van der Waals surface area contributed by atoms with Crippen LogP contribution in [-0.4, -0.2) is 39.7 Å². The van der Waals surface area contributed by atoms with Crippen molar-refractivity contribution in [3.05, 3.63) is 46.2 Å². The summed E-state index contributed by atoms with van der Waals surface area (Å²) in [7, 11) is 0. The van der Waals surface area contributed by atoms with E-state index in [1.165, 1.54) is 0 Å². The highest BCUT2D eigenvalue weighted by atomic mass is 35.5. The maximum absolute atomic E-state index is 12.7. The molecule has 0 spiro atoms. The van der Waals surface area contributed by atoms with Crippen LogP contribution in [0.15, 0.2) is 30.6 Å². The summed E-state index contributed by atoms with van der Waals surface area (Å²) in [5.41, 5.74) is 7.23. The number of rotatable bonds is 3. The van der Waals surface area contributed by atoms with E-state index in [-0.39, 0.29) is 11.9 Å². The molecule has 2 heterocycles. The number of piperidine rings is 1. The molecule has 2 N–H and O–H groups in total. The third-order valence-electron chi connectivity index (χ3n) is 4.47. The van der Waals surface area contributed by atoms with Crippen LogP contribution in [0.25, 0.3) is 5.69 Å². The molecule has 5 nitrogen and oxygen atoms in total. The van der Waals surface area contributed by atoms with Crippen molar-refractivity contribution in [3.8, 4) is 5.69 Å². The number of likely N-dealkylation sites (tertiary alicyclic amines) is 1. The van der Waals surface area contributed by atoms with E-state index in [0.29, 0.717) is 33.8 Å². The molecule has 2 atom stereocenters. The van der Waals surface area contributed by atoms with Crippen molar-refractivity contribution < 1.29 is 4.79 Å². The molecule has 0 unspecified atom stereocenters. The number of hydrogen-bond donors (Lipinski definition) is 1. The molecule has 1 saturated heterocycles. The lowest BCUT2D eigenvalue weighted by Crippen LogP contribution is -2.45. The third kappa shape index (κ3) is 3.58. The van der Waals surface area contributed by atoms with Gasteiger partial charge in [-0.25, -0.2) is 4.68 Å². The molecule has 3 rings (SSSR count). The first-order valence-electron chi connectivity index (χ1n) is 8.00. The number of benzene rings is 1. The van der Waals surface area contributed by atoms with Crippen LogP contribution in [-0.2, 0) is 0 Å². The molecule has 1 aliphatic heterocycles. The first-order valence-corrected chi connectivity index (χ1v) is 8.76. The Kier molecular flexibility index (Phi) is 5.13. The summed E-state index contributed by atoms with van der Waals surface area (Å²) in [5, 5.41) is 5.31. The summed E-state index contributed by atoms with van der Waals surface area (Å²) in [4.78, 5) is 14.6. The minimum absolute atomic E-state index is 0.0170. The van der Waals surface area contributed by atoms with Crippen molar-refractivity contribution in [2.75, 3.05) is 13.1 Å². The standard InChI is InChI=1S/C17H20Cl2N4O/c1-11(20)12-3-2-6-22(9-12)17(24)13-8-21-23(10-13)16-5-4-14(18)7-15(16)19/h4-5,7-8,10-12H,2-3,6,9,20H2,1H3/t11-,12-/m0/s1. The fraction of sp³-hybridized carbons (Fsp3) is 0.412. The van der Waals surface area contributed by atoms with E-state index in [2.05, 4.69) is 5.10 Å². The van der Waals surface area contributed by atoms with Crippen LogP contribution in [0.5, 0.6) is 0 Å². The van der Waals surface area contributed by atoms with Crippen LogP contribution in [0.3, 0.4) is 0 Å². The largest absolute Gasteiger partial charge is 0.338 e. The van der Waals surface area contributed by atoms with Crippen molar-refractivity contribution in [2.24, 2.45) is 11.7 Å². The lowest BCUT2D eigenvalue weighted by molar-refractivity contribution is 0.0661. The smallest absolute Gasteiger partial charge is 0.257 e. The van der Waals surface area contributed by atoms with E-state index >= 15 is 0 Å². The minimum Gasteiger partial charge on any atom is -0.338 e. The Morgan fingerprint density at radius 1 is 1.42 bits per heavy atom. The van der Waals surface area contributed by atoms with Crippen molar-refractivity contribution >= 4 is 29.1 Å². The van der Waals surface area contributed by atoms with E-state index in [1.54, 1.807) is 35.3 Å². The van der Waals surface area contributed by atoms with Crippen LogP contribution in [0.2, 0.25) is 10.0 Å². The Hall–Kier alpha value is -1.56. The van der Waals surface area contributed by atoms with Crippen LogP contribution in [0.4, 0.5) is 0 Å². The Bertz CT molecular complexity index is 744. The minimum atomic E-state index is -0.0170. The first kappa shape index (κ1) is 17.3. The van der Waals surface area contributed by atoms with E-state index in [9.17, 15) is 4.79 Å². The number of nitrogens with two attached hydrogens (primary N) is 1. The molecule has 1 aromatic heterocycles. The van der Waals surface area contributed by atoms with Gasteiger partial charge in [-0.05, 0) is 43.9 Å². The van der Waals surface area contributed by atoms with Crippen LogP contribution in [0.1, 0.15) is 30.1 Å². The number of carbonyl (C=O) groups is 1. The maximum atomic E-state index is 12.7. The summed E-state index contributed by atoms with van der Waals surface area (Å²) in [5.74, 6) is 0.333. The third-order valence-corrected chi connectivity index (χ3v) is 5.01. The Morgan fingerprint density at radius 2 is 2.21 bits per heavy atom. The van der Waals surface area contributed by atoms with Gasteiger partial charge in [0.05, 0.1) is 22.5 Å². The molecule has 2 aromatic rings. The zero-order valence-corrected chi connectivity index (χ0v) is 15.0. The lowest BCUT2D eigenvalue weighted by Gasteiger charge is -2.34. The number of amides is 1. The van der Waals surface area contributed by atoms with Gasteiger partial charge in [0.25, 0.3) is 5.91 Å². The quantitative estimate of drug-likeness (QED) is 0.905. The zero-order valence-electron chi connectivity index (χ0n) is 13.5. The SMILES string of the molecule is C[C@H](N)[C@H]1CCCN(C(=O)c2cnn(-c3ccc(Cl)cc3Cl)c2)C1. The monoisotopic (exact) mass is 366 g/mol. The average molecular weight is 367 g/mol. The van der Waals surface area contributed by atoms with Crippen molar-refractivity contribution in [1.29, 1.82) is 0 Å². The maximum Gasteiger partial charge on any atom is 0.257 e. The highest BCUT2D eigenvalue weighted by Gasteiger charge is 2.27. The number of carbonyl (C=O) groups excluding carboxylic acids is 1. The van der Waals surface area contributed by atoms with E-state index in [0.717, 1.165) is 19.4 Å². The van der Waals surface area contributed by atoms with Gasteiger partial charge in [-0.15, -0.1) is 0 Å². The summed E-state index contributed by atoms with van der Waals surface area (Å²) in [6.07, 6.45) is 5.33. The Morgan fingerprint density at radius 3 is 2.92 bits per heavy atom. The highest BCUT2D eigenvalue weighted by Crippen LogP contribution is 2.25. The van der Waals surface area contributed by atoms with E-state index in [1.807, 2.05) is 11.8 Å². The molecule has 1 amide bonds. The topological polar surface area (TPSA) is 64.2 Å². The molecule has 0 bridgehead atoms. The summed E-state index contributed by atoms with van der Waals surface area (Å²) in [6, 6.07) is 5.26. The van der Waals surface area contributed by atoms with Crippen LogP contribution in [0, 0.1) is 5.92 Å². The second-order valence-electron chi connectivity index (χ2n) is 6.28. The molecule has 128 valence electrons. The molecule has 0 radical (unpaired) electrons. The second kappa shape index (κ2) is 7.13. The molecule has 0 aliphatic carbocycles. The molecular weight excluding hydrogens is 347 g/mol. The molecule has 1 aromatic carbocycles. The number of nitrogens with zero attached hydrogens (tertiary/aromatic N) is 3. The molecule has 7 heteroatoms. The average Bonchev–Trinajstić information content (AvgIpc) is 3.04. The second-order valence-corrected chi connectivity index (χ2v) is 7.13. The van der Waals surface area contributed by atoms with Crippen LogP contribution >= 0.6 is 23.2 Å².